The second kappa shape index (κ2) is 8.47. The highest BCUT2D eigenvalue weighted by molar-refractivity contribution is 5.69. The number of aromatic nitrogens is 8. The van der Waals surface area contributed by atoms with Gasteiger partial charge in [0.2, 0.25) is 0 Å². The molecule has 0 fully saturated rings. The molecule has 0 radical (unpaired) electrons. The quantitative estimate of drug-likeness (QED) is 0.399. The Kier molecular flexibility index (Phi) is 5.59. The van der Waals surface area contributed by atoms with Crippen molar-refractivity contribution in [2.45, 2.75) is 59.0 Å². The van der Waals surface area contributed by atoms with Crippen LogP contribution in [-0.4, -0.2) is 39.2 Å². The molecule has 0 bridgehead atoms. The van der Waals surface area contributed by atoms with Gasteiger partial charge < -0.3 is 14.5 Å². The highest BCUT2D eigenvalue weighted by atomic mass is 16.5. The van der Waals surface area contributed by atoms with Crippen LogP contribution in [0.3, 0.4) is 0 Å². The lowest BCUT2D eigenvalue weighted by Crippen LogP contribution is -2.40. The van der Waals surface area contributed by atoms with Crippen molar-refractivity contribution in [3.8, 4) is 11.7 Å². The standard InChI is InChI=1S/C19H24N8O3/c1-3-4-10-26-16-14(22-12(2)23-16)18(28)27(19(26)29)11-6-5-7-13-24-17(30-25-13)15-20-8-9-21-15/h8-9H,3-7,10-11H2,1-2H3,(H,20,21)(H,22,23). The summed E-state index contributed by atoms with van der Waals surface area (Å²) in [5, 5.41) is 3.95. The molecule has 11 nitrogen and oxygen atoms in total. The summed E-state index contributed by atoms with van der Waals surface area (Å²) in [6, 6.07) is 0. The first-order valence-electron chi connectivity index (χ1n) is 10.1. The monoisotopic (exact) mass is 412 g/mol. The maximum Gasteiger partial charge on any atom is 0.332 e. The number of aromatic amines is 2. The summed E-state index contributed by atoms with van der Waals surface area (Å²) >= 11 is 0. The van der Waals surface area contributed by atoms with Crippen molar-refractivity contribution in [1.29, 1.82) is 0 Å². The molecule has 4 rings (SSSR count). The van der Waals surface area contributed by atoms with E-state index in [1.165, 1.54) is 4.57 Å². The Morgan fingerprint density at radius 3 is 2.70 bits per heavy atom. The third-order valence-corrected chi connectivity index (χ3v) is 4.92. The summed E-state index contributed by atoms with van der Waals surface area (Å²) in [6.07, 6.45) is 7.00. The molecule has 2 N–H and O–H groups in total. The first-order chi connectivity index (χ1) is 14.6. The van der Waals surface area contributed by atoms with Crippen molar-refractivity contribution in [2.24, 2.45) is 0 Å². The van der Waals surface area contributed by atoms with Gasteiger partial charge in [-0.3, -0.25) is 13.9 Å². The number of hydrogen-bond acceptors (Lipinski definition) is 7. The number of aryl methyl sites for hydroxylation is 3. The molecular weight excluding hydrogens is 388 g/mol. The first kappa shape index (κ1) is 19.8. The largest absolute Gasteiger partial charge is 0.341 e. The van der Waals surface area contributed by atoms with E-state index in [9.17, 15) is 9.59 Å². The molecule has 0 saturated carbocycles. The van der Waals surface area contributed by atoms with Crippen molar-refractivity contribution in [3.63, 3.8) is 0 Å². The summed E-state index contributed by atoms with van der Waals surface area (Å²) in [4.78, 5) is 44.4. The number of hydrogen-bond donors (Lipinski definition) is 2. The zero-order chi connectivity index (χ0) is 21.1. The van der Waals surface area contributed by atoms with E-state index >= 15 is 0 Å². The molecule has 4 aromatic rings. The molecule has 0 saturated heterocycles. The highest BCUT2D eigenvalue weighted by Crippen LogP contribution is 2.12. The number of rotatable bonds is 9. The molecule has 4 aromatic heterocycles. The van der Waals surface area contributed by atoms with Crippen LogP contribution in [0, 0.1) is 6.92 Å². The fourth-order valence-corrected chi connectivity index (χ4v) is 3.38. The highest BCUT2D eigenvalue weighted by Gasteiger charge is 2.16. The third-order valence-electron chi connectivity index (χ3n) is 4.92. The summed E-state index contributed by atoms with van der Waals surface area (Å²) in [6.45, 7) is 4.69. The van der Waals surface area contributed by atoms with Crippen molar-refractivity contribution < 1.29 is 4.52 Å². The number of fused-ring (bicyclic) bond motifs is 1. The normalized spacial score (nSPS) is 11.5. The number of imidazole rings is 2. The Hall–Kier alpha value is -3.50. The molecular formula is C19H24N8O3. The lowest BCUT2D eigenvalue weighted by molar-refractivity contribution is 0.418. The van der Waals surface area contributed by atoms with E-state index in [1.807, 2.05) is 0 Å². The van der Waals surface area contributed by atoms with Crippen LogP contribution < -0.4 is 11.2 Å². The van der Waals surface area contributed by atoms with Gasteiger partial charge in [-0.15, -0.1) is 0 Å². The fourth-order valence-electron chi connectivity index (χ4n) is 3.38. The van der Waals surface area contributed by atoms with Crippen LogP contribution in [0.5, 0.6) is 0 Å². The fraction of sp³-hybridized carbons (Fsp3) is 0.474. The van der Waals surface area contributed by atoms with Gasteiger partial charge in [-0.1, -0.05) is 18.5 Å². The topological polar surface area (TPSA) is 140 Å². The molecule has 0 amide bonds. The molecule has 4 heterocycles. The molecule has 0 unspecified atom stereocenters. The lowest BCUT2D eigenvalue weighted by atomic mass is 10.2. The number of nitrogens with one attached hydrogen (secondary N) is 2. The molecule has 0 aliphatic heterocycles. The minimum atomic E-state index is -0.331. The van der Waals surface area contributed by atoms with E-state index in [4.69, 9.17) is 4.52 Å². The summed E-state index contributed by atoms with van der Waals surface area (Å²) < 4.78 is 8.08. The second-order valence-corrected chi connectivity index (χ2v) is 7.18. The van der Waals surface area contributed by atoms with Gasteiger partial charge in [0.1, 0.15) is 11.3 Å². The van der Waals surface area contributed by atoms with Crippen molar-refractivity contribution in [3.05, 3.63) is 44.9 Å². The third kappa shape index (κ3) is 3.82. The second-order valence-electron chi connectivity index (χ2n) is 7.18. The molecule has 11 heteroatoms. The Morgan fingerprint density at radius 2 is 1.93 bits per heavy atom. The van der Waals surface area contributed by atoms with E-state index in [2.05, 4.69) is 37.0 Å². The van der Waals surface area contributed by atoms with Gasteiger partial charge in [0.05, 0.1) is 0 Å². The Labute approximate surface area is 171 Å². The Morgan fingerprint density at radius 1 is 1.10 bits per heavy atom. The van der Waals surface area contributed by atoms with Crippen LogP contribution in [0.1, 0.15) is 44.3 Å². The van der Waals surface area contributed by atoms with E-state index < -0.39 is 0 Å². The zero-order valence-corrected chi connectivity index (χ0v) is 17.0. The van der Waals surface area contributed by atoms with Crippen molar-refractivity contribution in [2.75, 3.05) is 0 Å². The molecule has 0 aliphatic carbocycles. The van der Waals surface area contributed by atoms with Gasteiger partial charge in [0.15, 0.2) is 17.3 Å². The average molecular weight is 412 g/mol. The number of nitrogens with zero attached hydrogens (tertiary/aromatic N) is 6. The summed E-state index contributed by atoms with van der Waals surface area (Å²) in [7, 11) is 0. The van der Waals surface area contributed by atoms with Gasteiger partial charge in [0, 0.05) is 31.9 Å². The minimum absolute atomic E-state index is 0.313. The van der Waals surface area contributed by atoms with E-state index in [0.29, 0.717) is 66.9 Å². The van der Waals surface area contributed by atoms with Crippen LogP contribution >= 0.6 is 0 Å². The first-order valence-corrected chi connectivity index (χ1v) is 10.1. The Bertz CT molecular complexity index is 1250. The van der Waals surface area contributed by atoms with Crippen LogP contribution in [0.4, 0.5) is 0 Å². The predicted octanol–water partition coefficient (Wildman–Crippen LogP) is 1.79. The molecule has 158 valence electrons. The van der Waals surface area contributed by atoms with E-state index in [-0.39, 0.29) is 11.2 Å². The maximum absolute atomic E-state index is 12.9. The number of H-pyrrole nitrogens is 2. The molecule has 0 aromatic carbocycles. The predicted molar refractivity (Wildman–Crippen MR) is 109 cm³/mol. The van der Waals surface area contributed by atoms with Gasteiger partial charge in [-0.25, -0.2) is 14.8 Å². The van der Waals surface area contributed by atoms with Gasteiger partial charge in [-0.2, -0.15) is 4.98 Å². The SMILES string of the molecule is CCCCn1c(=O)n(CCCCc2noc(-c3ncc[nH]3)n2)c(=O)c2[nH]c(C)nc21. The van der Waals surface area contributed by atoms with Crippen LogP contribution in [0.15, 0.2) is 26.5 Å². The van der Waals surface area contributed by atoms with Gasteiger partial charge >= 0.3 is 5.69 Å². The van der Waals surface area contributed by atoms with Crippen LogP contribution in [0.2, 0.25) is 0 Å². The smallest absolute Gasteiger partial charge is 0.332 e. The average Bonchev–Trinajstić information content (AvgIpc) is 3.47. The summed E-state index contributed by atoms with van der Waals surface area (Å²) in [5.41, 5.74) is 0.170. The maximum atomic E-state index is 12.9. The van der Waals surface area contributed by atoms with E-state index in [0.717, 1.165) is 12.8 Å². The van der Waals surface area contributed by atoms with E-state index in [1.54, 1.807) is 23.9 Å². The minimum Gasteiger partial charge on any atom is -0.341 e. The molecule has 0 spiro atoms. The summed E-state index contributed by atoms with van der Waals surface area (Å²) in [5.74, 6) is 2.05. The zero-order valence-electron chi connectivity index (χ0n) is 17.0. The van der Waals surface area contributed by atoms with Crippen LogP contribution in [0.25, 0.3) is 22.9 Å². The number of unbranched alkanes of at least 4 members (excludes halogenated alkanes) is 2. The van der Waals surface area contributed by atoms with Crippen molar-refractivity contribution in [1.82, 2.24) is 39.2 Å². The van der Waals surface area contributed by atoms with Gasteiger partial charge in [-0.05, 0) is 26.2 Å². The lowest BCUT2D eigenvalue weighted by Gasteiger charge is -2.10. The molecule has 0 atom stereocenters. The van der Waals surface area contributed by atoms with Crippen LogP contribution in [-0.2, 0) is 19.5 Å². The van der Waals surface area contributed by atoms with Crippen molar-refractivity contribution >= 4 is 11.2 Å². The molecule has 0 aliphatic rings. The Balaban J connectivity index is 1.47. The van der Waals surface area contributed by atoms with Gasteiger partial charge in [0.25, 0.3) is 11.4 Å². The molecule has 30 heavy (non-hydrogen) atoms.